The van der Waals surface area contributed by atoms with E-state index in [-0.39, 0.29) is 18.3 Å². The van der Waals surface area contributed by atoms with Gasteiger partial charge in [-0.25, -0.2) is 4.98 Å². The van der Waals surface area contributed by atoms with Gasteiger partial charge in [0.25, 0.3) is 0 Å². The molecular formula is C24H36N6O. The Kier molecular flexibility index (Phi) is 6.76. The third-order valence-corrected chi connectivity index (χ3v) is 7.61. The molecule has 2 aromatic rings. The van der Waals surface area contributed by atoms with E-state index in [1.165, 1.54) is 44.9 Å². The van der Waals surface area contributed by atoms with E-state index in [4.69, 9.17) is 4.98 Å². The topological polar surface area (TPSA) is 99.7 Å². The number of aliphatic hydroxyl groups is 1. The van der Waals surface area contributed by atoms with Gasteiger partial charge in [0.05, 0.1) is 6.61 Å². The molecule has 0 bridgehead atoms. The lowest BCUT2D eigenvalue weighted by Crippen LogP contribution is -2.31. The van der Waals surface area contributed by atoms with Crippen LogP contribution >= 0.6 is 0 Å². The molecule has 2 N–H and O–H groups in total. The van der Waals surface area contributed by atoms with E-state index in [1.807, 2.05) is 0 Å². The minimum absolute atomic E-state index is 0.0424. The molecule has 7 heteroatoms. The molecule has 2 saturated carbocycles. The van der Waals surface area contributed by atoms with E-state index in [2.05, 4.69) is 46.7 Å². The van der Waals surface area contributed by atoms with E-state index in [0.717, 1.165) is 36.0 Å². The van der Waals surface area contributed by atoms with Crippen molar-refractivity contribution < 1.29 is 5.11 Å². The van der Waals surface area contributed by atoms with Crippen LogP contribution in [0, 0.1) is 29.1 Å². The number of hydrogen-bond acceptors (Lipinski definition) is 6. The number of nitrogens with one attached hydrogen (secondary N) is 1. The Morgan fingerprint density at radius 3 is 2.48 bits per heavy atom. The molecule has 0 spiro atoms. The summed E-state index contributed by atoms with van der Waals surface area (Å²) in [6.45, 7) is 7.56. The van der Waals surface area contributed by atoms with Gasteiger partial charge in [-0.05, 0) is 56.8 Å². The third kappa shape index (κ3) is 4.55. The molecule has 2 heterocycles. The number of rotatable bonds is 8. The molecule has 168 valence electrons. The molecule has 2 aliphatic carbocycles. The summed E-state index contributed by atoms with van der Waals surface area (Å²) in [5.74, 6) is 3.75. The molecule has 0 amide bonds. The Hall–Kier alpha value is -2.20. The van der Waals surface area contributed by atoms with Gasteiger partial charge in [-0.2, -0.15) is 15.2 Å². The van der Waals surface area contributed by atoms with Crippen LogP contribution in [0.1, 0.15) is 89.7 Å². The van der Waals surface area contributed by atoms with Gasteiger partial charge in [-0.15, -0.1) is 0 Å². The van der Waals surface area contributed by atoms with Crippen molar-refractivity contribution in [3.05, 3.63) is 11.6 Å². The Balaban J connectivity index is 1.78. The highest BCUT2D eigenvalue weighted by atomic mass is 16.3. The average Bonchev–Trinajstić information content (AvgIpc) is 3.07. The van der Waals surface area contributed by atoms with Gasteiger partial charge in [-0.1, -0.05) is 33.1 Å². The molecule has 2 fully saturated rings. The van der Waals surface area contributed by atoms with Gasteiger partial charge in [0.2, 0.25) is 5.82 Å². The molecule has 2 atom stereocenters. The molecule has 31 heavy (non-hydrogen) atoms. The fourth-order valence-electron chi connectivity index (χ4n) is 5.14. The highest BCUT2D eigenvalue weighted by molar-refractivity contribution is 5.84. The molecule has 2 aromatic heterocycles. The van der Waals surface area contributed by atoms with Crippen LogP contribution in [0.2, 0.25) is 0 Å². The molecule has 0 radical (unpaired) electrons. The van der Waals surface area contributed by atoms with Crippen molar-refractivity contribution in [2.75, 3.05) is 11.9 Å². The van der Waals surface area contributed by atoms with Gasteiger partial charge < -0.3 is 15.0 Å². The summed E-state index contributed by atoms with van der Waals surface area (Å²) in [4.78, 5) is 13.9. The maximum atomic E-state index is 10.0. The standard InChI is InChI=1S/C24H36N6O/c1-4-18(14-31)24-29-23-21(30(24)13-17-10-8-15(2)9-11-17)22(27-20(12-25)28-23)26-16(3)19-6-5-7-19/h15-19,31H,4-11,13-14H2,1-3H3,(H,26,27,28)/t15-,16-,17-,18?/m1/s1. The summed E-state index contributed by atoms with van der Waals surface area (Å²) in [6.07, 6.45) is 9.54. The van der Waals surface area contributed by atoms with E-state index in [9.17, 15) is 10.4 Å². The summed E-state index contributed by atoms with van der Waals surface area (Å²) in [5.41, 5.74) is 1.46. The fourth-order valence-corrected chi connectivity index (χ4v) is 5.14. The van der Waals surface area contributed by atoms with Gasteiger partial charge in [-0.3, -0.25) is 0 Å². The Labute approximate surface area is 185 Å². The van der Waals surface area contributed by atoms with Gasteiger partial charge in [0, 0.05) is 18.5 Å². The smallest absolute Gasteiger partial charge is 0.236 e. The van der Waals surface area contributed by atoms with E-state index in [0.29, 0.717) is 23.5 Å². The molecule has 7 nitrogen and oxygen atoms in total. The first-order valence-electron chi connectivity index (χ1n) is 12.1. The van der Waals surface area contributed by atoms with E-state index in [1.54, 1.807) is 0 Å². The maximum Gasteiger partial charge on any atom is 0.236 e. The summed E-state index contributed by atoms with van der Waals surface area (Å²) in [7, 11) is 0. The van der Waals surface area contributed by atoms with Crippen LogP contribution in [-0.4, -0.2) is 37.3 Å². The first-order chi connectivity index (χ1) is 15.0. The van der Waals surface area contributed by atoms with Crippen LogP contribution in [-0.2, 0) is 6.54 Å². The van der Waals surface area contributed by atoms with E-state index < -0.39 is 0 Å². The minimum Gasteiger partial charge on any atom is -0.396 e. The summed E-state index contributed by atoms with van der Waals surface area (Å²) in [6, 6.07) is 2.39. The number of hydrogen-bond donors (Lipinski definition) is 2. The molecule has 2 aliphatic rings. The van der Waals surface area contributed by atoms with Crippen LogP contribution < -0.4 is 5.32 Å². The van der Waals surface area contributed by atoms with Crippen LogP contribution in [0.15, 0.2) is 0 Å². The third-order valence-electron chi connectivity index (χ3n) is 7.61. The van der Waals surface area contributed by atoms with Crippen LogP contribution in [0.3, 0.4) is 0 Å². The Bertz CT molecular complexity index is 932. The number of nitriles is 1. The van der Waals surface area contributed by atoms with Gasteiger partial charge in [0.1, 0.15) is 17.4 Å². The second kappa shape index (κ2) is 9.52. The second-order valence-electron chi connectivity index (χ2n) is 9.80. The fraction of sp³-hybridized carbons (Fsp3) is 0.750. The predicted octanol–water partition coefficient (Wildman–Crippen LogP) is 4.61. The lowest BCUT2D eigenvalue weighted by Gasteiger charge is -2.32. The van der Waals surface area contributed by atoms with Crippen molar-refractivity contribution in [3.63, 3.8) is 0 Å². The van der Waals surface area contributed by atoms with Crippen molar-refractivity contribution in [2.24, 2.45) is 17.8 Å². The Morgan fingerprint density at radius 2 is 1.90 bits per heavy atom. The van der Waals surface area contributed by atoms with Crippen LogP contribution in [0.25, 0.3) is 11.2 Å². The number of fused-ring (bicyclic) bond motifs is 1. The van der Waals surface area contributed by atoms with Crippen molar-refractivity contribution in [2.45, 2.75) is 90.6 Å². The zero-order valence-electron chi connectivity index (χ0n) is 19.1. The molecule has 4 rings (SSSR count). The van der Waals surface area contributed by atoms with Crippen molar-refractivity contribution in [1.29, 1.82) is 5.26 Å². The minimum atomic E-state index is -0.0424. The largest absolute Gasteiger partial charge is 0.396 e. The number of nitrogens with zero attached hydrogens (tertiary/aromatic N) is 5. The average molecular weight is 425 g/mol. The summed E-state index contributed by atoms with van der Waals surface area (Å²) < 4.78 is 2.26. The van der Waals surface area contributed by atoms with Crippen molar-refractivity contribution in [3.8, 4) is 6.07 Å². The summed E-state index contributed by atoms with van der Waals surface area (Å²) >= 11 is 0. The van der Waals surface area contributed by atoms with Gasteiger partial charge in [0.15, 0.2) is 11.5 Å². The molecule has 0 saturated heterocycles. The predicted molar refractivity (Wildman–Crippen MR) is 122 cm³/mol. The number of aliphatic hydroxyl groups excluding tert-OH is 1. The number of anilines is 1. The second-order valence-corrected chi connectivity index (χ2v) is 9.80. The molecule has 1 unspecified atom stereocenters. The highest BCUT2D eigenvalue weighted by Crippen LogP contribution is 2.35. The quantitative estimate of drug-likeness (QED) is 0.642. The summed E-state index contributed by atoms with van der Waals surface area (Å²) in [5, 5.41) is 23.2. The monoisotopic (exact) mass is 424 g/mol. The van der Waals surface area contributed by atoms with Gasteiger partial charge >= 0.3 is 0 Å². The molecular weight excluding hydrogens is 388 g/mol. The van der Waals surface area contributed by atoms with Crippen molar-refractivity contribution >= 4 is 17.0 Å². The van der Waals surface area contributed by atoms with Crippen molar-refractivity contribution in [1.82, 2.24) is 19.5 Å². The molecule has 0 aliphatic heterocycles. The first kappa shape index (κ1) is 22.0. The first-order valence-corrected chi connectivity index (χ1v) is 12.1. The number of aromatic nitrogens is 4. The SMILES string of the molecule is CCC(CO)c1nc2nc(C#N)nc(N[C@H](C)C3CCC3)c2n1C[C@H]1CC[C@H](C)CC1. The Morgan fingerprint density at radius 1 is 1.16 bits per heavy atom. The molecule has 0 aromatic carbocycles. The maximum absolute atomic E-state index is 10.0. The zero-order chi connectivity index (χ0) is 22.0. The number of imidazole rings is 1. The normalized spacial score (nSPS) is 23.8. The van der Waals surface area contributed by atoms with Crippen LogP contribution in [0.4, 0.5) is 5.82 Å². The highest BCUT2D eigenvalue weighted by Gasteiger charge is 2.29. The lowest BCUT2D eigenvalue weighted by atomic mass is 9.80. The zero-order valence-corrected chi connectivity index (χ0v) is 19.1. The lowest BCUT2D eigenvalue weighted by molar-refractivity contribution is 0.243. The van der Waals surface area contributed by atoms with E-state index >= 15 is 0 Å². The van der Waals surface area contributed by atoms with Crippen LogP contribution in [0.5, 0.6) is 0 Å².